The molecule has 2 rings (SSSR count). The highest BCUT2D eigenvalue weighted by molar-refractivity contribution is 7.99. The van der Waals surface area contributed by atoms with E-state index in [4.69, 9.17) is 16.7 Å². The summed E-state index contributed by atoms with van der Waals surface area (Å²) in [6.07, 6.45) is 1.86. The number of carbonyl (C=O) groups is 1. The van der Waals surface area contributed by atoms with Crippen LogP contribution in [0.4, 0.5) is 0 Å². The fraction of sp³-hybridized carbons (Fsp3) is 0.231. The minimum atomic E-state index is -0.868. The van der Waals surface area contributed by atoms with E-state index < -0.39 is 5.97 Å². The van der Waals surface area contributed by atoms with E-state index in [9.17, 15) is 4.79 Å². The summed E-state index contributed by atoms with van der Waals surface area (Å²) < 4.78 is 1.85. The number of para-hydroxylation sites is 1. The summed E-state index contributed by atoms with van der Waals surface area (Å²) in [7, 11) is 0. The normalized spacial score (nSPS) is 10.7. The van der Waals surface area contributed by atoms with Crippen LogP contribution >= 0.6 is 23.4 Å². The van der Waals surface area contributed by atoms with E-state index in [1.165, 1.54) is 11.8 Å². The molecule has 1 N–H and O–H groups in total. The van der Waals surface area contributed by atoms with Crippen LogP contribution in [-0.2, 0) is 4.79 Å². The Kier molecular flexibility index (Phi) is 4.17. The summed E-state index contributed by atoms with van der Waals surface area (Å²) >= 11 is 7.42. The molecule has 0 aliphatic rings. The number of benzene rings is 1. The van der Waals surface area contributed by atoms with Gasteiger partial charge in [0.2, 0.25) is 0 Å². The van der Waals surface area contributed by atoms with Crippen molar-refractivity contribution < 1.29 is 9.90 Å². The maximum absolute atomic E-state index is 10.7. The molecule has 0 unspecified atom stereocenters. The van der Waals surface area contributed by atoms with E-state index in [0.29, 0.717) is 10.2 Å². The van der Waals surface area contributed by atoms with Gasteiger partial charge in [0.1, 0.15) is 0 Å². The Labute approximate surface area is 120 Å². The molecule has 6 heteroatoms. The summed E-state index contributed by atoms with van der Waals surface area (Å²) in [6, 6.07) is 5.65. The van der Waals surface area contributed by atoms with Crippen molar-refractivity contribution in [1.82, 2.24) is 9.55 Å². The van der Waals surface area contributed by atoms with Crippen molar-refractivity contribution in [2.24, 2.45) is 0 Å². The first-order valence-corrected chi connectivity index (χ1v) is 7.01. The summed E-state index contributed by atoms with van der Waals surface area (Å²) in [5.74, 6) is -0.895. The van der Waals surface area contributed by atoms with Crippen molar-refractivity contribution in [3.05, 3.63) is 40.7 Å². The zero-order chi connectivity index (χ0) is 14.0. The fourth-order valence-electron chi connectivity index (χ4n) is 1.79. The minimum Gasteiger partial charge on any atom is -0.481 e. The Balaban J connectivity index is 2.47. The zero-order valence-corrected chi connectivity index (χ0v) is 12.1. The van der Waals surface area contributed by atoms with Gasteiger partial charge in [-0.3, -0.25) is 9.36 Å². The van der Waals surface area contributed by atoms with Gasteiger partial charge in [-0.2, -0.15) is 0 Å². The van der Waals surface area contributed by atoms with Gasteiger partial charge in [0.25, 0.3) is 0 Å². The molecule has 19 heavy (non-hydrogen) atoms. The van der Waals surface area contributed by atoms with Crippen molar-refractivity contribution in [2.75, 3.05) is 5.75 Å². The third-order valence-corrected chi connectivity index (χ3v) is 3.79. The van der Waals surface area contributed by atoms with Gasteiger partial charge in [-0.05, 0) is 25.5 Å². The van der Waals surface area contributed by atoms with Crippen molar-refractivity contribution >= 4 is 29.3 Å². The molecular weight excluding hydrogens is 284 g/mol. The van der Waals surface area contributed by atoms with E-state index in [1.807, 2.05) is 42.8 Å². The molecule has 0 bridgehead atoms. The van der Waals surface area contributed by atoms with Crippen LogP contribution in [0.2, 0.25) is 5.02 Å². The van der Waals surface area contributed by atoms with Crippen LogP contribution in [0.5, 0.6) is 0 Å². The molecule has 0 atom stereocenters. The van der Waals surface area contributed by atoms with Gasteiger partial charge in [-0.15, -0.1) is 0 Å². The first-order valence-electron chi connectivity index (χ1n) is 5.65. The third kappa shape index (κ3) is 3.11. The molecule has 0 radical (unpaired) electrons. The van der Waals surface area contributed by atoms with Crippen molar-refractivity contribution in [3.63, 3.8) is 0 Å². The molecule has 1 aromatic heterocycles. The van der Waals surface area contributed by atoms with Gasteiger partial charge in [-0.25, -0.2) is 4.98 Å². The van der Waals surface area contributed by atoms with Gasteiger partial charge >= 0.3 is 5.97 Å². The highest BCUT2D eigenvalue weighted by atomic mass is 35.5. The molecule has 1 heterocycles. The van der Waals surface area contributed by atoms with Gasteiger partial charge < -0.3 is 5.11 Å². The largest absolute Gasteiger partial charge is 0.481 e. The average molecular weight is 297 g/mol. The van der Waals surface area contributed by atoms with E-state index >= 15 is 0 Å². The molecule has 0 spiro atoms. The lowest BCUT2D eigenvalue weighted by atomic mass is 10.2. The molecule has 0 saturated heterocycles. The molecule has 0 aliphatic heterocycles. The number of hydrogen-bond acceptors (Lipinski definition) is 3. The number of halogens is 1. The first-order chi connectivity index (χ1) is 8.99. The predicted molar refractivity (Wildman–Crippen MR) is 76.4 cm³/mol. The van der Waals surface area contributed by atoms with E-state index in [2.05, 4.69) is 4.98 Å². The monoisotopic (exact) mass is 296 g/mol. The van der Waals surface area contributed by atoms with Crippen LogP contribution in [0.25, 0.3) is 5.69 Å². The predicted octanol–water partition coefficient (Wildman–Crippen LogP) is 3.32. The molecular formula is C13H13ClN2O2S. The standard InChI is InChI=1S/C13H13ClN2O2S/c1-8-4-3-5-10(14)12(8)16-6-9(2)15-13(16)19-7-11(17)18/h3-6H,7H2,1-2H3,(H,17,18). The maximum atomic E-state index is 10.7. The van der Waals surface area contributed by atoms with Crippen LogP contribution in [-0.4, -0.2) is 26.4 Å². The molecule has 0 saturated carbocycles. The quantitative estimate of drug-likeness (QED) is 0.879. The number of aliphatic carboxylic acids is 1. The zero-order valence-electron chi connectivity index (χ0n) is 10.6. The van der Waals surface area contributed by atoms with Crippen molar-refractivity contribution in [2.45, 2.75) is 19.0 Å². The number of nitrogens with zero attached hydrogens (tertiary/aromatic N) is 2. The van der Waals surface area contributed by atoms with Crippen molar-refractivity contribution in [1.29, 1.82) is 0 Å². The second-order valence-electron chi connectivity index (χ2n) is 4.12. The van der Waals surface area contributed by atoms with E-state index in [-0.39, 0.29) is 5.75 Å². The first kappa shape index (κ1) is 14.0. The Hall–Kier alpha value is -1.46. The highest BCUT2D eigenvalue weighted by Crippen LogP contribution is 2.29. The number of aromatic nitrogens is 2. The molecule has 4 nitrogen and oxygen atoms in total. The lowest BCUT2D eigenvalue weighted by Gasteiger charge is -2.11. The van der Waals surface area contributed by atoms with Crippen LogP contribution in [0.1, 0.15) is 11.3 Å². The molecule has 1 aromatic carbocycles. The van der Waals surface area contributed by atoms with Gasteiger partial charge in [-0.1, -0.05) is 35.5 Å². The topological polar surface area (TPSA) is 55.1 Å². The number of carboxylic acids is 1. The molecule has 0 fully saturated rings. The average Bonchev–Trinajstić information content (AvgIpc) is 2.67. The van der Waals surface area contributed by atoms with Crippen LogP contribution in [0.3, 0.4) is 0 Å². The molecule has 0 amide bonds. The Morgan fingerprint density at radius 3 is 2.84 bits per heavy atom. The summed E-state index contributed by atoms with van der Waals surface area (Å²) in [5, 5.41) is 10.0. The number of rotatable bonds is 4. The number of thioether (sulfide) groups is 1. The van der Waals surface area contributed by atoms with E-state index in [1.54, 1.807) is 0 Å². The lowest BCUT2D eigenvalue weighted by molar-refractivity contribution is -0.133. The number of imidazole rings is 1. The van der Waals surface area contributed by atoms with Gasteiger partial charge in [0, 0.05) is 6.20 Å². The van der Waals surface area contributed by atoms with Crippen LogP contribution in [0.15, 0.2) is 29.6 Å². The number of aryl methyl sites for hydroxylation is 2. The second-order valence-corrected chi connectivity index (χ2v) is 5.47. The second kappa shape index (κ2) is 5.67. The number of carboxylic acid groups (broad SMARTS) is 1. The van der Waals surface area contributed by atoms with Crippen molar-refractivity contribution in [3.8, 4) is 5.69 Å². The highest BCUT2D eigenvalue weighted by Gasteiger charge is 2.14. The maximum Gasteiger partial charge on any atom is 0.313 e. The summed E-state index contributed by atoms with van der Waals surface area (Å²) in [6.45, 7) is 3.83. The Morgan fingerprint density at radius 2 is 2.21 bits per heavy atom. The van der Waals surface area contributed by atoms with Crippen LogP contribution in [0, 0.1) is 13.8 Å². The fourth-order valence-corrected chi connectivity index (χ4v) is 2.85. The molecule has 100 valence electrons. The van der Waals surface area contributed by atoms with E-state index in [0.717, 1.165) is 16.9 Å². The minimum absolute atomic E-state index is 0.0278. The summed E-state index contributed by atoms with van der Waals surface area (Å²) in [4.78, 5) is 15.0. The lowest BCUT2D eigenvalue weighted by Crippen LogP contribution is -2.02. The Bertz CT molecular complexity index is 605. The number of hydrogen-bond donors (Lipinski definition) is 1. The Morgan fingerprint density at radius 1 is 1.47 bits per heavy atom. The van der Waals surface area contributed by atoms with Crippen LogP contribution < -0.4 is 0 Å². The summed E-state index contributed by atoms with van der Waals surface area (Å²) in [5.41, 5.74) is 2.69. The van der Waals surface area contributed by atoms with Gasteiger partial charge in [0.05, 0.1) is 22.2 Å². The molecule has 2 aromatic rings. The smallest absolute Gasteiger partial charge is 0.313 e. The van der Waals surface area contributed by atoms with Gasteiger partial charge in [0.15, 0.2) is 5.16 Å². The third-order valence-electron chi connectivity index (χ3n) is 2.55. The molecule has 0 aliphatic carbocycles. The SMILES string of the molecule is Cc1cn(-c2c(C)cccc2Cl)c(SCC(=O)O)n1.